The van der Waals surface area contributed by atoms with Gasteiger partial charge in [0.25, 0.3) is 0 Å². The molecule has 0 aromatic heterocycles. The quantitative estimate of drug-likeness (QED) is 0.292. The summed E-state index contributed by atoms with van der Waals surface area (Å²) in [4.78, 5) is 4.18. The fourth-order valence-corrected chi connectivity index (χ4v) is 2.74. The Morgan fingerprint density at radius 1 is 1.12 bits per heavy atom. The minimum Gasteiger partial charge on any atom is -0.490 e. The van der Waals surface area contributed by atoms with Crippen LogP contribution in [-0.2, 0) is 11.3 Å². The molecule has 2 N–H and O–H groups in total. The molecule has 5 nitrogen and oxygen atoms in total. The van der Waals surface area contributed by atoms with Crippen molar-refractivity contribution in [2.45, 2.75) is 44.8 Å². The van der Waals surface area contributed by atoms with E-state index in [1.807, 2.05) is 0 Å². The molecule has 0 atom stereocenters. The molecule has 1 aliphatic carbocycles. The molecular weight excluding hydrogens is 417 g/mol. The molecule has 0 bridgehead atoms. The molecule has 1 aromatic rings. The predicted octanol–water partition coefficient (Wildman–Crippen LogP) is 3.33. The molecule has 0 amide bonds. The van der Waals surface area contributed by atoms with E-state index < -0.39 is 0 Å². The van der Waals surface area contributed by atoms with Crippen LogP contribution in [0.4, 0.5) is 0 Å². The Hall–Kier alpha value is -1.02. The highest BCUT2D eigenvalue weighted by molar-refractivity contribution is 14.0. The second kappa shape index (κ2) is 12.4. The number of benzene rings is 1. The van der Waals surface area contributed by atoms with Gasteiger partial charge in [-0.2, -0.15) is 0 Å². The topological polar surface area (TPSA) is 54.9 Å². The summed E-state index contributed by atoms with van der Waals surface area (Å²) in [5.74, 6) is 1.76. The lowest BCUT2D eigenvalue weighted by Gasteiger charge is -2.23. The number of halogens is 1. The summed E-state index contributed by atoms with van der Waals surface area (Å²) < 4.78 is 11.1. The third kappa shape index (κ3) is 7.70. The van der Waals surface area contributed by atoms with Gasteiger partial charge in [0, 0.05) is 27.2 Å². The smallest absolute Gasteiger partial charge is 0.191 e. The zero-order valence-corrected chi connectivity index (χ0v) is 17.0. The summed E-state index contributed by atoms with van der Waals surface area (Å²) in [6.07, 6.45) is 6.71. The van der Waals surface area contributed by atoms with Crippen molar-refractivity contribution in [3.05, 3.63) is 29.8 Å². The molecule has 0 heterocycles. The van der Waals surface area contributed by atoms with Crippen molar-refractivity contribution < 1.29 is 9.47 Å². The molecule has 0 aliphatic heterocycles. The van der Waals surface area contributed by atoms with Gasteiger partial charge < -0.3 is 20.1 Å². The third-order valence-electron chi connectivity index (χ3n) is 4.06. The minimum absolute atomic E-state index is 0. The molecule has 1 aromatic carbocycles. The van der Waals surface area contributed by atoms with Crippen LogP contribution in [-0.4, -0.2) is 39.4 Å². The highest BCUT2D eigenvalue weighted by Crippen LogP contribution is 2.23. The van der Waals surface area contributed by atoms with Crippen LogP contribution in [0, 0.1) is 0 Å². The lowest BCUT2D eigenvalue weighted by atomic mass is 9.98. The fourth-order valence-electron chi connectivity index (χ4n) is 2.74. The lowest BCUT2D eigenvalue weighted by Crippen LogP contribution is -2.38. The number of methoxy groups -OCH3 is 1. The monoisotopic (exact) mass is 447 g/mol. The van der Waals surface area contributed by atoms with Crippen LogP contribution < -0.4 is 15.4 Å². The Balaban J connectivity index is 0.00000288. The number of nitrogens with zero attached hydrogens (tertiary/aromatic N) is 1. The Bertz CT molecular complexity index is 474. The number of hydrogen-bond acceptors (Lipinski definition) is 3. The second-order valence-corrected chi connectivity index (χ2v) is 5.87. The average Bonchev–Trinajstić information content (AvgIpc) is 2.60. The first kappa shape index (κ1) is 21.0. The third-order valence-corrected chi connectivity index (χ3v) is 4.06. The number of rotatable bonds is 7. The maximum atomic E-state index is 6.05. The minimum atomic E-state index is 0. The molecule has 0 spiro atoms. The van der Waals surface area contributed by atoms with Crippen LogP contribution in [0.3, 0.4) is 0 Å². The zero-order chi connectivity index (χ0) is 16.3. The van der Waals surface area contributed by atoms with Gasteiger partial charge in [-0.15, -0.1) is 24.0 Å². The normalized spacial score (nSPS) is 15.5. The van der Waals surface area contributed by atoms with Crippen LogP contribution >= 0.6 is 24.0 Å². The largest absolute Gasteiger partial charge is 0.490 e. The van der Waals surface area contributed by atoms with Crippen LogP contribution in [0.5, 0.6) is 5.75 Å². The van der Waals surface area contributed by atoms with Gasteiger partial charge in [0.05, 0.1) is 12.7 Å². The molecule has 24 heavy (non-hydrogen) atoms. The molecule has 1 saturated carbocycles. The average molecular weight is 447 g/mol. The Morgan fingerprint density at radius 2 is 1.83 bits per heavy atom. The first-order valence-corrected chi connectivity index (χ1v) is 8.51. The SMILES string of the molecule is CN=C(NCCOC)NCc1ccc(OC2CCCCC2)cc1.I. The summed E-state index contributed by atoms with van der Waals surface area (Å²) in [5, 5.41) is 6.48. The molecule has 6 heteroatoms. The zero-order valence-electron chi connectivity index (χ0n) is 14.7. The second-order valence-electron chi connectivity index (χ2n) is 5.87. The summed E-state index contributed by atoms with van der Waals surface area (Å²) in [6, 6.07) is 8.33. The van der Waals surface area contributed by atoms with Crippen molar-refractivity contribution in [3.8, 4) is 5.75 Å². The molecule has 0 saturated heterocycles. The van der Waals surface area contributed by atoms with Gasteiger partial charge in [0.2, 0.25) is 0 Å². The van der Waals surface area contributed by atoms with E-state index in [4.69, 9.17) is 9.47 Å². The summed E-state index contributed by atoms with van der Waals surface area (Å²) in [6.45, 7) is 2.13. The van der Waals surface area contributed by atoms with Gasteiger partial charge in [-0.25, -0.2) is 0 Å². The van der Waals surface area contributed by atoms with Crippen LogP contribution in [0.2, 0.25) is 0 Å². The highest BCUT2D eigenvalue weighted by Gasteiger charge is 2.14. The first-order valence-electron chi connectivity index (χ1n) is 8.51. The van der Waals surface area contributed by atoms with E-state index in [1.165, 1.54) is 37.7 Å². The van der Waals surface area contributed by atoms with Crippen molar-refractivity contribution in [2.75, 3.05) is 27.3 Å². The molecule has 1 aliphatic rings. The molecule has 0 radical (unpaired) electrons. The van der Waals surface area contributed by atoms with Gasteiger partial charge in [-0.05, 0) is 43.4 Å². The van der Waals surface area contributed by atoms with E-state index >= 15 is 0 Å². The lowest BCUT2D eigenvalue weighted by molar-refractivity contribution is 0.155. The van der Waals surface area contributed by atoms with Gasteiger partial charge in [-0.1, -0.05) is 18.6 Å². The number of nitrogens with one attached hydrogen (secondary N) is 2. The van der Waals surface area contributed by atoms with Gasteiger partial charge in [0.15, 0.2) is 5.96 Å². The number of ether oxygens (including phenoxy) is 2. The Morgan fingerprint density at radius 3 is 2.46 bits per heavy atom. The number of hydrogen-bond donors (Lipinski definition) is 2. The van der Waals surface area contributed by atoms with Crippen molar-refractivity contribution in [1.82, 2.24) is 10.6 Å². The maximum Gasteiger partial charge on any atom is 0.191 e. The van der Waals surface area contributed by atoms with E-state index in [1.54, 1.807) is 14.2 Å². The predicted molar refractivity (Wildman–Crippen MR) is 109 cm³/mol. The summed E-state index contributed by atoms with van der Waals surface area (Å²) >= 11 is 0. The summed E-state index contributed by atoms with van der Waals surface area (Å²) in [5.41, 5.74) is 1.20. The fraction of sp³-hybridized carbons (Fsp3) is 0.611. The van der Waals surface area contributed by atoms with Crippen LogP contribution in [0.15, 0.2) is 29.3 Å². The van der Waals surface area contributed by atoms with E-state index in [0.29, 0.717) is 12.7 Å². The van der Waals surface area contributed by atoms with Crippen LogP contribution in [0.1, 0.15) is 37.7 Å². The van der Waals surface area contributed by atoms with Crippen LogP contribution in [0.25, 0.3) is 0 Å². The van der Waals surface area contributed by atoms with Crippen molar-refractivity contribution >= 4 is 29.9 Å². The molecule has 2 rings (SSSR count). The van der Waals surface area contributed by atoms with Gasteiger partial charge in [0.1, 0.15) is 5.75 Å². The Kier molecular flexibility index (Phi) is 10.8. The van der Waals surface area contributed by atoms with E-state index in [0.717, 1.165) is 24.8 Å². The van der Waals surface area contributed by atoms with E-state index in [2.05, 4.69) is 39.9 Å². The summed E-state index contributed by atoms with van der Waals surface area (Å²) in [7, 11) is 3.46. The van der Waals surface area contributed by atoms with Crippen molar-refractivity contribution in [2.24, 2.45) is 4.99 Å². The number of aliphatic imine (C=N–C) groups is 1. The van der Waals surface area contributed by atoms with Crippen molar-refractivity contribution in [1.29, 1.82) is 0 Å². The molecular formula is C18H30IN3O2. The van der Waals surface area contributed by atoms with Gasteiger partial charge in [-0.3, -0.25) is 4.99 Å². The van der Waals surface area contributed by atoms with E-state index in [-0.39, 0.29) is 24.0 Å². The Labute approximate surface area is 162 Å². The van der Waals surface area contributed by atoms with Gasteiger partial charge >= 0.3 is 0 Å². The number of guanidine groups is 1. The molecule has 1 fully saturated rings. The molecule has 136 valence electrons. The molecule has 0 unspecified atom stereocenters. The maximum absolute atomic E-state index is 6.05. The first-order chi connectivity index (χ1) is 11.3. The van der Waals surface area contributed by atoms with Crippen molar-refractivity contribution in [3.63, 3.8) is 0 Å². The highest BCUT2D eigenvalue weighted by atomic mass is 127. The standard InChI is InChI=1S/C18H29N3O2.HI/c1-19-18(20-12-13-22-2)21-14-15-8-10-17(11-9-15)23-16-6-4-3-5-7-16;/h8-11,16H,3-7,12-14H2,1-2H3,(H2,19,20,21);1H. The van der Waals surface area contributed by atoms with E-state index in [9.17, 15) is 0 Å².